The molecule has 0 bridgehead atoms. The van der Waals surface area contributed by atoms with Gasteiger partial charge in [0, 0.05) is 11.6 Å². The molecule has 0 fully saturated rings. The molecule has 1 atom stereocenters. The minimum Gasteiger partial charge on any atom is -0.497 e. The lowest BCUT2D eigenvalue weighted by atomic mass is 9.91. The lowest BCUT2D eigenvalue weighted by molar-refractivity contribution is 0.389. The van der Waals surface area contributed by atoms with Gasteiger partial charge in [-0.15, -0.1) is 0 Å². The molecule has 2 aromatic carbocycles. The van der Waals surface area contributed by atoms with Crippen LogP contribution in [-0.4, -0.2) is 25.1 Å². The summed E-state index contributed by atoms with van der Waals surface area (Å²) in [6.07, 6.45) is 0. The average Bonchev–Trinajstić information content (AvgIpc) is 2.54. The van der Waals surface area contributed by atoms with Gasteiger partial charge in [0.05, 0.1) is 27.2 Å². The molecular formula is C17H17Cl3O3. The van der Waals surface area contributed by atoms with Crippen molar-refractivity contribution in [3.8, 4) is 17.2 Å². The van der Waals surface area contributed by atoms with Gasteiger partial charge in [0.25, 0.3) is 0 Å². The predicted molar refractivity (Wildman–Crippen MR) is 94.7 cm³/mol. The van der Waals surface area contributed by atoms with Gasteiger partial charge in [-0.05, 0) is 23.8 Å². The van der Waals surface area contributed by atoms with Gasteiger partial charge >= 0.3 is 0 Å². The zero-order chi connectivity index (χ0) is 17.0. The van der Waals surface area contributed by atoms with E-state index in [4.69, 9.17) is 49.0 Å². The Morgan fingerprint density at radius 3 is 1.83 bits per heavy atom. The summed E-state index contributed by atoms with van der Waals surface area (Å²) in [5.74, 6) is 1.50. The van der Waals surface area contributed by atoms with Gasteiger partial charge in [-0.3, -0.25) is 0 Å². The van der Waals surface area contributed by atoms with E-state index < -0.39 is 9.71 Å². The van der Waals surface area contributed by atoms with Crippen molar-refractivity contribution in [3.63, 3.8) is 0 Å². The number of rotatable bonds is 5. The highest BCUT2D eigenvalue weighted by atomic mass is 35.6. The van der Waals surface area contributed by atoms with Crippen LogP contribution in [0.3, 0.4) is 0 Å². The maximum absolute atomic E-state index is 6.26. The fraction of sp³-hybridized carbons (Fsp3) is 0.294. The zero-order valence-electron chi connectivity index (χ0n) is 13.0. The van der Waals surface area contributed by atoms with Gasteiger partial charge in [0.15, 0.2) is 0 Å². The van der Waals surface area contributed by atoms with Gasteiger partial charge in [0.1, 0.15) is 17.2 Å². The van der Waals surface area contributed by atoms with E-state index in [2.05, 4.69) is 0 Å². The van der Waals surface area contributed by atoms with Crippen LogP contribution in [-0.2, 0) is 0 Å². The molecule has 3 nitrogen and oxygen atoms in total. The van der Waals surface area contributed by atoms with Crippen molar-refractivity contribution in [2.75, 3.05) is 21.3 Å². The third-order valence-electron chi connectivity index (χ3n) is 3.53. The number of alkyl halides is 3. The first-order chi connectivity index (χ1) is 10.9. The van der Waals surface area contributed by atoms with E-state index in [9.17, 15) is 0 Å². The monoisotopic (exact) mass is 374 g/mol. The summed E-state index contributed by atoms with van der Waals surface area (Å²) in [5.41, 5.74) is 1.60. The largest absolute Gasteiger partial charge is 0.497 e. The highest BCUT2D eigenvalue weighted by molar-refractivity contribution is 6.68. The number of ether oxygens (including phenoxy) is 3. The van der Waals surface area contributed by atoms with Crippen molar-refractivity contribution in [1.29, 1.82) is 0 Å². The van der Waals surface area contributed by atoms with Crippen LogP contribution < -0.4 is 14.2 Å². The van der Waals surface area contributed by atoms with E-state index in [0.717, 1.165) is 16.9 Å². The fourth-order valence-electron chi connectivity index (χ4n) is 2.40. The number of hydrogen-bond acceptors (Lipinski definition) is 3. The quantitative estimate of drug-likeness (QED) is 0.671. The van der Waals surface area contributed by atoms with Crippen molar-refractivity contribution in [2.24, 2.45) is 0 Å². The van der Waals surface area contributed by atoms with Crippen molar-refractivity contribution in [2.45, 2.75) is 9.71 Å². The molecule has 0 radical (unpaired) electrons. The van der Waals surface area contributed by atoms with Crippen LogP contribution >= 0.6 is 34.8 Å². The Morgan fingerprint density at radius 2 is 1.35 bits per heavy atom. The first kappa shape index (κ1) is 18.1. The first-order valence-electron chi connectivity index (χ1n) is 6.83. The van der Waals surface area contributed by atoms with Gasteiger partial charge in [-0.2, -0.15) is 0 Å². The second kappa shape index (κ2) is 7.52. The standard InChI is InChI=1S/C17H17Cl3O3/c1-21-12-6-4-11(5-7-12)16(17(18,19)20)14-9-8-13(22-2)10-15(14)23-3/h4-10,16H,1-3H3/t16-/m0/s1. The van der Waals surface area contributed by atoms with Crippen molar-refractivity contribution < 1.29 is 14.2 Å². The molecule has 0 amide bonds. The number of halogens is 3. The molecule has 0 saturated heterocycles. The van der Waals surface area contributed by atoms with Crippen LogP contribution in [0, 0.1) is 0 Å². The lowest BCUT2D eigenvalue weighted by Gasteiger charge is -2.27. The van der Waals surface area contributed by atoms with Crippen LogP contribution in [0.2, 0.25) is 0 Å². The van der Waals surface area contributed by atoms with Crippen LogP contribution in [0.15, 0.2) is 42.5 Å². The lowest BCUT2D eigenvalue weighted by Crippen LogP contribution is -2.19. The topological polar surface area (TPSA) is 27.7 Å². The number of benzene rings is 2. The van der Waals surface area contributed by atoms with Crippen molar-refractivity contribution in [3.05, 3.63) is 53.6 Å². The highest BCUT2D eigenvalue weighted by Crippen LogP contribution is 2.48. The predicted octanol–water partition coefficient (Wildman–Crippen LogP) is 5.21. The van der Waals surface area contributed by atoms with Crippen molar-refractivity contribution >= 4 is 34.8 Å². The van der Waals surface area contributed by atoms with Crippen molar-refractivity contribution in [1.82, 2.24) is 0 Å². The highest BCUT2D eigenvalue weighted by Gasteiger charge is 2.37. The molecule has 0 unspecified atom stereocenters. The summed E-state index contributed by atoms with van der Waals surface area (Å²) in [4.78, 5) is 0. The first-order valence-corrected chi connectivity index (χ1v) is 7.96. The molecule has 6 heteroatoms. The number of hydrogen-bond donors (Lipinski definition) is 0. The molecular weight excluding hydrogens is 359 g/mol. The average molecular weight is 376 g/mol. The minimum atomic E-state index is -1.55. The summed E-state index contributed by atoms with van der Waals surface area (Å²) in [6, 6.07) is 12.8. The molecule has 124 valence electrons. The second-order valence-electron chi connectivity index (χ2n) is 4.86. The maximum Gasteiger partial charge on any atom is 0.201 e. The number of methoxy groups -OCH3 is 3. The van der Waals surface area contributed by atoms with E-state index in [0.29, 0.717) is 11.5 Å². The van der Waals surface area contributed by atoms with E-state index in [1.807, 2.05) is 36.4 Å². The molecule has 0 saturated carbocycles. The Labute approximate surface area is 151 Å². The molecule has 0 spiro atoms. The molecule has 0 N–H and O–H groups in total. The molecule has 0 aliphatic heterocycles. The van der Waals surface area contributed by atoms with Gasteiger partial charge < -0.3 is 14.2 Å². The Hall–Kier alpha value is -1.29. The van der Waals surface area contributed by atoms with Crippen LogP contribution in [0.4, 0.5) is 0 Å². The molecule has 2 rings (SSSR count). The van der Waals surface area contributed by atoms with E-state index >= 15 is 0 Å². The summed E-state index contributed by atoms with van der Waals surface area (Å²) >= 11 is 18.8. The second-order valence-corrected chi connectivity index (χ2v) is 7.22. The van der Waals surface area contributed by atoms with Gasteiger partial charge in [-0.1, -0.05) is 53.0 Å². The molecule has 0 aromatic heterocycles. The van der Waals surface area contributed by atoms with Crippen LogP contribution in [0.1, 0.15) is 17.0 Å². The molecule has 0 heterocycles. The fourth-order valence-corrected chi connectivity index (χ4v) is 3.13. The molecule has 23 heavy (non-hydrogen) atoms. The maximum atomic E-state index is 6.26. The molecule has 0 aliphatic rings. The van der Waals surface area contributed by atoms with E-state index in [1.54, 1.807) is 27.4 Å². The Bertz CT molecular complexity index is 651. The summed E-state index contributed by atoms with van der Waals surface area (Å²) in [7, 11) is 4.76. The van der Waals surface area contributed by atoms with E-state index in [-0.39, 0.29) is 0 Å². The van der Waals surface area contributed by atoms with Gasteiger partial charge in [0.2, 0.25) is 3.79 Å². The Morgan fingerprint density at radius 1 is 0.783 bits per heavy atom. The normalized spacial score (nSPS) is 12.6. The van der Waals surface area contributed by atoms with E-state index in [1.165, 1.54) is 0 Å². The summed E-state index contributed by atoms with van der Waals surface area (Å²) in [6.45, 7) is 0. The summed E-state index contributed by atoms with van der Waals surface area (Å²) in [5, 5.41) is 0. The molecule has 0 aliphatic carbocycles. The third-order valence-corrected chi connectivity index (χ3v) is 4.18. The Balaban J connectivity index is 2.55. The van der Waals surface area contributed by atoms with Crippen LogP contribution in [0.5, 0.6) is 17.2 Å². The molecule has 2 aromatic rings. The third kappa shape index (κ3) is 4.17. The Kier molecular flexibility index (Phi) is 5.90. The SMILES string of the molecule is COc1ccc([C@@H](c2ccc(OC)cc2OC)C(Cl)(Cl)Cl)cc1. The zero-order valence-corrected chi connectivity index (χ0v) is 15.2. The smallest absolute Gasteiger partial charge is 0.201 e. The summed E-state index contributed by atoms with van der Waals surface area (Å²) < 4.78 is 14.3. The van der Waals surface area contributed by atoms with Crippen LogP contribution in [0.25, 0.3) is 0 Å². The minimum absolute atomic E-state index is 0.501. The van der Waals surface area contributed by atoms with Gasteiger partial charge in [-0.25, -0.2) is 0 Å².